The fourth-order valence-corrected chi connectivity index (χ4v) is 2.76. The second-order valence-corrected chi connectivity index (χ2v) is 5.11. The van der Waals surface area contributed by atoms with Gasteiger partial charge in [-0.05, 0) is 40.0 Å². The minimum Gasteiger partial charge on any atom is -0.392 e. The third-order valence-corrected chi connectivity index (χ3v) is 4.01. The van der Waals surface area contributed by atoms with E-state index in [2.05, 4.69) is 15.9 Å². The molecule has 15 heavy (non-hydrogen) atoms. The van der Waals surface area contributed by atoms with E-state index >= 15 is 0 Å². The summed E-state index contributed by atoms with van der Waals surface area (Å²) >= 11 is 5.29. The Morgan fingerprint density at radius 2 is 2.27 bits per heavy atom. The molecular weight excluding hydrogens is 276 g/mol. The fraction of sp³-hybridized carbons (Fsp3) is 0.455. The van der Waals surface area contributed by atoms with Gasteiger partial charge in [-0.3, -0.25) is 0 Å². The van der Waals surface area contributed by atoms with Gasteiger partial charge in [0, 0.05) is 28.8 Å². The Balaban J connectivity index is 2.47. The minimum atomic E-state index is 0.0905. The van der Waals surface area contributed by atoms with Crippen LogP contribution in [-0.4, -0.2) is 24.6 Å². The molecule has 84 valence electrons. The van der Waals surface area contributed by atoms with E-state index in [9.17, 15) is 0 Å². The summed E-state index contributed by atoms with van der Waals surface area (Å²) in [4.78, 5) is 1.21. The van der Waals surface area contributed by atoms with Crippen LogP contribution < -0.4 is 0 Å². The molecule has 0 saturated carbocycles. The first-order valence-corrected chi connectivity index (χ1v) is 6.57. The number of rotatable bonds is 6. The standard InChI is InChI=1S/C11H15BrO2S/c1-14-5-2-6-15-11-4-3-9(8-13)7-10(11)12/h3-4,7,13H,2,5-6,8H2,1H3. The Labute approximate surface area is 103 Å². The van der Waals surface area contributed by atoms with E-state index in [0.717, 1.165) is 28.8 Å². The SMILES string of the molecule is COCCCSc1ccc(CO)cc1Br. The maximum absolute atomic E-state index is 8.95. The van der Waals surface area contributed by atoms with Crippen LogP contribution in [0.1, 0.15) is 12.0 Å². The quantitative estimate of drug-likeness (QED) is 0.645. The molecule has 0 aliphatic rings. The van der Waals surface area contributed by atoms with E-state index in [-0.39, 0.29) is 6.61 Å². The van der Waals surface area contributed by atoms with E-state index in [1.807, 2.05) is 18.2 Å². The van der Waals surface area contributed by atoms with Crippen LogP contribution in [0.5, 0.6) is 0 Å². The monoisotopic (exact) mass is 290 g/mol. The number of hydrogen-bond acceptors (Lipinski definition) is 3. The Kier molecular flexibility index (Phi) is 6.32. The Morgan fingerprint density at radius 3 is 2.87 bits per heavy atom. The lowest BCUT2D eigenvalue weighted by Crippen LogP contribution is -1.91. The largest absolute Gasteiger partial charge is 0.392 e. The summed E-state index contributed by atoms with van der Waals surface area (Å²) in [5.74, 6) is 1.05. The number of halogens is 1. The summed E-state index contributed by atoms with van der Waals surface area (Å²) in [6.45, 7) is 0.895. The van der Waals surface area contributed by atoms with Crippen molar-refractivity contribution in [2.75, 3.05) is 19.5 Å². The molecule has 0 heterocycles. The number of benzene rings is 1. The predicted octanol–water partition coefficient (Wildman–Crippen LogP) is 3.07. The molecule has 0 saturated heterocycles. The molecule has 0 aromatic heterocycles. The Bertz CT molecular complexity index is 305. The molecule has 1 N–H and O–H groups in total. The van der Waals surface area contributed by atoms with E-state index in [0.29, 0.717) is 0 Å². The van der Waals surface area contributed by atoms with Crippen LogP contribution in [0.3, 0.4) is 0 Å². The van der Waals surface area contributed by atoms with Gasteiger partial charge in [-0.2, -0.15) is 0 Å². The van der Waals surface area contributed by atoms with Crippen molar-refractivity contribution in [2.45, 2.75) is 17.9 Å². The first kappa shape index (κ1) is 13.0. The zero-order valence-corrected chi connectivity index (χ0v) is 11.1. The van der Waals surface area contributed by atoms with Crippen molar-refractivity contribution in [3.63, 3.8) is 0 Å². The van der Waals surface area contributed by atoms with Gasteiger partial charge in [0.25, 0.3) is 0 Å². The summed E-state index contributed by atoms with van der Waals surface area (Å²) in [5, 5.41) is 8.95. The maximum Gasteiger partial charge on any atom is 0.0682 e. The highest BCUT2D eigenvalue weighted by Crippen LogP contribution is 2.28. The first-order chi connectivity index (χ1) is 7.27. The number of hydrogen-bond donors (Lipinski definition) is 1. The molecule has 0 atom stereocenters. The minimum absolute atomic E-state index is 0.0905. The van der Waals surface area contributed by atoms with Crippen LogP contribution >= 0.6 is 27.7 Å². The zero-order valence-electron chi connectivity index (χ0n) is 8.70. The van der Waals surface area contributed by atoms with Crippen LogP contribution in [-0.2, 0) is 11.3 Å². The fourth-order valence-electron chi connectivity index (χ4n) is 1.15. The molecule has 0 amide bonds. The number of ether oxygens (including phenoxy) is 1. The summed E-state index contributed by atoms with van der Waals surface area (Å²) in [6.07, 6.45) is 1.05. The van der Waals surface area contributed by atoms with E-state index in [1.54, 1.807) is 18.9 Å². The number of aliphatic hydroxyl groups excluding tert-OH is 1. The van der Waals surface area contributed by atoms with Gasteiger partial charge in [-0.1, -0.05) is 6.07 Å². The molecule has 4 heteroatoms. The maximum atomic E-state index is 8.95. The zero-order chi connectivity index (χ0) is 11.1. The normalized spacial score (nSPS) is 10.6. The van der Waals surface area contributed by atoms with E-state index in [1.165, 1.54) is 4.90 Å². The molecule has 1 aromatic rings. The molecule has 0 radical (unpaired) electrons. The topological polar surface area (TPSA) is 29.5 Å². The molecule has 1 aromatic carbocycles. The van der Waals surface area contributed by atoms with Gasteiger partial charge < -0.3 is 9.84 Å². The van der Waals surface area contributed by atoms with Crippen LogP contribution in [0.15, 0.2) is 27.6 Å². The third-order valence-electron chi connectivity index (χ3n) is 1.93. The molecule has 0 spiro atoms. The highest BCUT2D eigenvalue weighted by atomic mass is 79.9. The lowest BCUT2D eigenvalue weighted by molar-refractivity contribution is 0.200. The lowest BCUT2D eigenvalue weighted by Gasteiger charge is -2.05. The Morgan fingerprint density at radius 1 is 1.47 bits per heavy atom. The number of methoxy groups -OCH3 is 1. The van der Waals surface area contributed by atoms with Crippen LogP contribution in [0, 0.1) is 0 Å². The highest BCUT2D eigenvalue weighted by molar-refractivity contribution is 9.10. The Hall–Kier alpha value is -0.0300. The van der Waals surface area contributed by atoms with Crippen molar-refractivity contribution < 1.29 is 9.84 Å². The lowest BCUT2D eigenvalue weighted by atomic mass is 10.2. The van der Waals surface area contributed by atoms with Gasteiger partial charge in [0.2, 0.25) is 0 Å². The van der Waals surface area contributed by atoms with Crippen LogP contribution in [0.25, 0.3) is 0 Å². The van der Waals surface area contributed by atoms with Crippen LogP contribution in [0.4, 0.5) is 0 Å². The molecule has 0 unspecified atom stereocenters. The second-order valence-electron chi connectivity index (χ2n) is 3.12. The van der Waals surface area contributed by atoms with Gasteiger partial charge in [-0.25, -0.2) is 0 Å². The first-order valence-electron chi connectivity index (χ1n) is 4.79. The number of thioether (sulfide) groups is 1. The van der Waals surface area contributed by atoms with Gasteiger partial charge >= 0.3 is 0 Å². The average Bonchev–Trinajstić information content (AvgIpc) is 2.26. The third kappa shape index (κ3) is 4.55. The molecule has 0 fully saturated rings. The summed E-state index contributed by atoms with van der Waals surface area (Å²) < 4.78 is 6.04. The smallest absolute Gasteiger partial charge is 0.0682 e. The molecule has 0 aliphatic heterocycles. The second kappa shape index (κ2) is 7.28. The highest BCUT2D eigenvalue weighted by Gasteiger charge is 2.01. The van der Waals surface area contributed by atoms with Crippen molar-refractivity contribution in [3.05, 3.63) is 28.2 Å². The van der Waals surface area contributed by atoms with Crippen molar-refractivity contribution >= 4 is 27.7 Å². The molecule has 2 nitrogen and oxygen atoms in total. The van der Waals surface area contributed by atoms with Gasteiger partial charge in [-0.15, -0.1) is 11.8 Å². The molecular formula is C11H15BrO2S. The summed E-state index contributed by atoms with van der Waals surface area (Å²) in [7, 11) is 1.72. The van der Waals surface area contributed by atoms with Gasteiger partial charge in [0.05, 0.1) is 6.61 Å². The van der Waals surface area contributed by atoms with Crippen molar-refractivity contribution in [3.8, 4) is 0 Å². The average molecular weight is 291 g/mol. The molecule has 0 aliphatic carbocycles. The van der Waals surface area contributed by atoms with E-state index < -0.39 is 0 Å². The van der Waals surface area contributed by atoms with Crippen molar-refractivity contribution in [2.24, 2.45) is 0 Å². The summed E-state index contributed by atoms with van der Waals surface area (Å²) in [5.41, 5.74) is 0.933. The van der Waals surface area contributed by atoms with Crippen molar-refractivity contribution in [1.29, 1.82) is 0 Å². The number of aliphatic hydroxyl groups is 1. The van der Waals surface area contributed by atoms with E-state index in [4.69, 9.17) is 9.84 Å². The predicted molar refractivity (Wildman–Crippen MR) is 67.3 cm³/mol. The summed E-state index contributed by atoms with van der Waals surface area (Å²) in [6, 6.07) is 5.94. The van der Waals surface area contributed by atoms with Gasteiger partial charge in [0.1, 0.15) is 0 Å². The van der Waals surface area contributed by atoms with Crippen molar-refractivity contribution in [1.82, 2.24) is 0 Å². The molecule has 0 bridgehead atoms. The molecule has 1 rings (SSSR count). The van der Waals surface area contributed by atoms with Gasteiger partial charge in [0.15, 0.2) is 0 Å². The van der Waals surface area contributed by atoms with Crippen LogP contribution in [0.2, 0.25) is 0 Å².